The van der Waals surface area contributed by atoms with Crippen molar-refractivity contribution in [2.75, 3.05) is 0 Å². The van der Waals surface area contributed by atoms with Crippen LogP contribution in [0, 0.1) is 10.1 Å². The van der Waals surface area contributed by atoms with E-state index in [9.17, 15) is 10.1 Å². The number of rotatable bonds is 4. The normalized spacial score (nSPS) is 12.1. The van der Waals surface area contributed by atoms with Gasteiger partial charge in [-0.05, 0) is 29.0 Å². The maximum absolute atomic E-state index is 10.9. The van der Waals surface area contributed by atoms with Crippen molar-refractivity contribution in [2.45, 2.75) is 0 Å². The second-order valence-electron chi connectivity index (χ2n) is 3.19. The van der Waals surface area contributed by atoms with Gasteiger partial charge in [-0.2, -0.15) is 0 Å². The Balaban J connectivity index is 2.22. The Hall–Kier alpha value is -1.72. The van der Waals surface area contributed by atoms with Gasteiger partial charge in [0, 0.05) is 21.9 Å². The van der Waals surface area contributed by atoms with Crippen LogP contribution < -0.4 is 0 Å². The third kappa shape index (κ3) is 3.37. The Bertz CT molecular complexity index is 539. The van der Waals surface area contributed by atoms with E-state index in [1.807, 2.05) is 35.0 Å². The van der Waals surface area contributed by atoms with E-state index in [0.29, 0.717) is 0 Å². The molecule has 0 saturated carbocycles. The summed E-state index contributed by atoms with van der Waals surface area (Å²) in [6.07, 6.45) is 4.87. The monoisotopic (exact) mass is 263 g/mol. The predicted octanol–water partition coefficient (Wildman–Crippen LogP) is 4.14. The van der Waals surface area contributed by atoms with E-state index in [2.05, 4.69) is 0 Å². The summed E-state index contributed by atoms with van der Waals surface area (Å²) in [5.74, 6) is 0. The molecule has 0 aliphatic heterocycles. The molecule has 0 bridgehead atoms. The molecule has 3 nitrogen and oxygen atoms in total. The molecule has 86 valence electrons. The standard InChI is InChI=1S/C12H9NO2S2/c14-13(15)10(9-12-4-2-8-17-12)5-6-11-3-1-7-16-11/h1-9H/b6-5+,10-9-. The van der Waals surface area contributed by atoms with Crippen molar-refractivity contribution in [3.05, 3.63) is 66.7 Å². The number of allylic oxidation sites excluding steroid dienone is 1. The first kappa shape index (κ1) is 11.8. The number of hydrogen-bond acceptors (Lipinski definition) is 4. The van der Waals surface area contributed by atoms with Crippen LogP contribution in [0.3, 0.4) is 0 Å². The fourth-order valence-corrected chi connectivity index (χ4v) is 2.51. The fourth-order valence-electron chi connectivity index (χ4n) is 1.23. The molecule has 0 fully saturated rings. The highest BCUT2D eigenvalue weighted by Crippen LogP contribution is 2.16. The molecule has 5 heteroatoms. The SMILES string of the molecule is O=[N+]([O-])C(=C\c1cccs1)/C=C/c1cccs1. The average molecular weight is 263 g/mol. The maximum Gasteiger partial charge on any atom is 0.270 e. The van der Waals surface area contributed by atoms with Crippen molar-refractivity contribution in [1.29, 1.82) is 0 Å². The number of thiophene rings is 2. The average Bonchev–Trinajstić information content (AvgIpc) is 2.97. The van der Waals surface area contributed by atoms with Gasteiger partial charge in [-0.1, -0.05) is 12.1 Å². The highest BCUT2D eigenvalue weighted by atomic mass is 32.1. The third-order valence-electron chi connectivity index (χ3n) is 2.01. The van der Waals surface area contributed by atoms with Gasteiger partial charge in [0.1, 0.15) is 0 Å². The molecule has 0 radical (unpaired) electrons. The van der Waals surface area contributed by atoms with Crippen LogP contribution in [0.25, 0.3) is 12.2 Å². The molecule has 0 aliphatic carbocycles. The first-order valence-corrected chi connectivity index (χ1v) is 6.63. The highest BCUT2D eigenvalue weighted by Gasteiger charge is 2.06. The van der Waals surface area contributed by atoms with Crippen LogP contribution in [0.5, 0.6) is 0 Å². The smallest absolute Gasteiger partial charge is 0.258 e. The van der Waals surface area contributed by atoms with Crippen molar-refractivity contribution in [2.24, 2.45) is 0 Å². The van der Waals surface area contributed by atoms with Gasteiger partial charge < -0.3 is 0 Å². The Morgan fingerprint density at radius 3 is 2.35 bits per heavy atom. The van der Waals surface area contributed by atoms with Crippen LogP contribution in [0.15, 0.2) is 46.8 Å². The summed E-state index contributed by atoms with van der Waals surface area (Å²) in [5.41, 5.74) is 0.0980. The lowest BCUT2D eigenvalue weighted by molar-refractivity contribution is -0.417. The molecule has 17 heavy (non-hydrogen) atoms. The Kier molecular flexibility index (Phi) is 3.85. The van der Waals surface area contributed by atoms with Gasteiger partial charge in [0.2, 0.25) is 0 Å². The lowest BCUT2D eigenvalue weighted by Crippen LogP contribution is -1.94. The first-order chi connectivity index (χ1) is 8.25. The van der Waals surface area contributed by atoms with E-state index < -0.39 is 0 Å². The summed E-state index contributed by atoms with van der Waals surface area (Å²) in [6, 6.07) is 7.56. The predicted molar refractivity (Wildman–Crippen MR) is 72.6 cm³/mol. The second kappa shape index (κ2) is 5.56. The molecule has 2 aromatic heterocycles. The van der Waals surface area contributed by atoms with Crippen LogP contribution in [0.2, 0.25) is 0 Å². The summed E-state index contributed by atoms with van der Waals surface area (Å²) in [6.45, 7) is 0. The molecular formula is C12H9NO2S2. The summed E-state index contributed by atoms with van der Waals surface area (Å²) in [7, 11) is 0. The van der Waals surface area contributed by atoms with E-state index in [4.69, 9.17) is 0 Å². The summed E-state index contributed by atoms with van der Waals surface area (Å²) < 4.78 is 0. The van der Waals surface area contributed by atoms with E-state index in [0.717, 1.165) is 9.75 Å². The number of nitro groups is 1. The fraction of sp³-hybridized carbons (Fsp3) is 0. The highest BCUT2D eigenvalue weighted by molar-refractivity contribution is 7.11. The molecule has 0 amide bonds. The molecule has 2 rings (SSSR count). The Morgan fingerprint density at radius 1 is 1.18 bits per heavy atom. The molecule has 0 atom stereocenters. The molecule has 0 aliphatic rings. The third-order valence-corrected chi connectivity index (χ3v) is 3.66. The van der Waals surface area contributed by atoms with Crippen LogP contribution in [0.4, 0.5) is 0 Å². The summed E-state index contributed by atoms with van der Waals surface area (Å²) in [4.78, 5) is 12.4. The lowest BCUT2D eigenvalue weighted by Gasteiger charge is -1.90. The molecule has 0 unspecified atom stereocenters. The second-order valence-corrected chi connectivity index (χ2v) is 5.15. The molecular weight excluding hydrogens is 254 g/mol. The topological polar surface area (TPSA) is 43.1 Å². The van der Waals surface area contributed by atoms with Gasteiger partial charge in [0.05, 0.1) is 4.92 Å². The molecule has 0 saturated heterocycles. The van der Waals surface area contributed by atoms with Crippen LogP contribution in [0.1, 0.15) is 9.75 Å². The van der Waals surface area contributed by atoms with Gasteiger partial charge in [0.25, 0.3) is 5.70 Å². The van der Waals surface area contributed by atoms with Gasteiger partial charge in [-0.3, -0.25) is 10.1 Å². The van der Waals surface area contributed by atoms with Crippen LogP contribution in [-0.4, -0.2) is 4.92 Å². The molecule has 0 N–H and O–H groups in total. The Morgan fingerprint density at radius 2 is 1.82 bits per heavy atom. The van der Waals surface area contributed by atoms with Crippen molar-refractivity contribution in [1.82, 2.24) is 0 Å². The minimum Gasteiger partial charge on any atom is -0.258 e. The van der Waals surface area contributed by atoms with Crippen molar-refractivity contribution >= 4 is 34.8 Å². The molecule has 0 spiro atoms. The zero-order valence-electron chi connectivity index (χ0n) is 8.78. The van der Waals surface area contributed by atoms with E-state index >= 15 is 0 Å². The summed E-state index contributed by atoms with van der Waals surface area (Å²) in [5, 5.41) is 14.7. The Labute approximate surface area is 107 Å². The lowest BCUT2D eigenvalue weighted by atomic mass is 10.3. The van der Waals surface area contributed by atoms with Crippen molar-refractivity contribution in [3.8, 4) is 0 Å². The van der Waals surface area contributed by atoms with Crippen molar-refractivity contribution < 1.29 is 4.92 Å². The van der Waals surface area contributed by atoms with E-state index in [1.54, 1.807) is 23.5 Å². The van der Waals surface area contributed by atoms with Crippen molar-refractivity contribution in [3.63, 3.8) is 0 Å². The van der Waals surface area contributed by atoms with Crippen LogP contribution in [-0.2, 0) is 0 Å². The zero-order chi connectivity index (χ0) is 12.1. The van der Waals surface area contributed by atoms with Gasteiger partial charge in [0.15, 0.2) is 0 Å². The minimum atomic E-state index is -0.371. The van der Waals surface area contributed by atoms with Gasteiger partial charge in [-0.25, -0.2) is 0 Å². The number of hydrogen-bond donors (Lipinski definition) is 0. The molecule has 2 heterocycles. The van der Waals surface area contributed by atoms with E-state index in [1.165, 1.54) is 17.4 Å². The first-order valence-electron chi connectivity index (χ1n) is 4.87. The van der Waals surface area contributed by atoms with Gasteiger partial charge in [-0.15, -0.1) is 22.7 Å². The summed E-state index contributed by atoms with van der Waals surface area (Å²) >= 11 is 3.03. The largest absolute Gasteiger partial charge is 0.270 e. The number of nitrogens with zero attached hydrogens (tertiary/aromatic N) is 1. The van der Waals surface area contributed by atoms with Crippen LogP contribution >= 0.6 is 22.7 Å². The quantitative estimate of drug-likeness (QED) is 0.472. The maximum atomic E-state index is 10.9. The van der Waals surface area contributed by atoms with Gasteiger partial charge >= 0.3 is 0 Å². The molecule has 0 aromatic carbocycles. The minimum absolute atomic E-state index is 0.0980. The van der Waals surface area contributed by atoms with E-state index in [-0.39, 0.29) is 10.6 Å². The zero-order valence-corrected chi connectivity index (χ0v) is 10.4. The molecule has 2 aromatic rings.